The molecule has 0 aromatic heterocycles. The number of amides is 1. The number of benzene rings is 2. The zero-order valence-corrected chi connectivity index (χ0v) is 13.9. The van der Waals surface area contributed by atoms with Crippen molar-refractivity contribution in [1.82, 2.24) is 0 Å². The highest BCUT2D eigenvalue weighted by Crippen LogP contribution is 2.29. The predicted octanol–water partition coefficient (Wildman–Crippen LogP) is 5.28. The molecular formula is C16H15BrClNO. The van der Waals surface area contributed by atoms with E-state index in [-0.39, 0.29) is 5.91 Å². The third-order valence-electron chi connectivity index (χ3n) is 3.18. The number of hydrogen-bond acceptors (Lipinski definition) is 1. The van der Waals surface area contributed by atoms with Crippen LogP contribution >= 0.6 is 27.5 Å². The Bertz CT molecular complexity index is 659. The third kappa shape index (κ3) is 3.05. The summed E-state index contributed by atoms with van der Waals surface area (Å²) >= 11 is 9.55. The van der Waals surface area contributed by atoms with Gasteiger partial charge in [-0.3, -0.25) is 4.79 Å². The van der Waals surface area contributed by atoms with Gasteiger partial charge < -0.3 is 5.32 Å². The Labute approximate surface area is 132 Å². The molecule has 2 aromatic rings. The maximum Gasteiger partial charge on any atom is 0.256 e. The van der Waals surface area contributed by atoms with Gasteiger partial charge in [-0.2, -0.15) is 0 Å². The highest BCUT2D eigenvalue weighted by Gasteiger charge is 2.14. The first-order chi connectivity index (χ1) is 9.40. The molecule has 1 amide bonds. The molecular weight excluding hydrogens is 338 g/mol. The molecule has 2 nitrogen and oxygen atoms in total. The van der Waals surface area contributed by atoms with Crippen LogP contribution in [0.25, 0.3) is 0 Å². The summed E-state index contributed by atoms with van der Waals surface area (Å²) < 4.78 is 0.878. The highest BCUT2D eigenvalue weighted by molar-refractivity contribution is 9.10. The van der Waals surface area contributed by atoms with E-state index in [2.05, 4.69) is 21.2 Å². The molecule has 0 unspecified atom stereocenters. The highest BCUT2D eigenvalue weighted by atomic mass is 79.9. The molecule has 20 heavy (non-hydrogen) atoms. The summed E-state index contributed by atoms with van der Waals surface area (Å²) in [6.07, 6.45) is 0. The van der Waals surface area contributed by atoms with Gasteiger partial charge in [-0.15, -0.1) is 0 Å². The summed E-state index contributed by atoms with van der Waals surface area (Å²) in [4.78, 5) is 12.4. The van der Waals surface area contributed by atoms with E-state index in [1.807, 2.05) is 32.9 Å². The molecule has 0 saturated carbocycles. The van der Waals surface area contributed by atoms with E-state index < -0.39 is 0 Å². The third-order valence-corrected chi connectivity index (χ3v) is 4.22. The van der Waals surface area contributed by atoms with Crippen LogP contribution in [0.15, 0.2) is 34.8 Å². The molecule has 0 spiro atoms. The van der Waals surface area contributed by atoms with E-state index in [1.165, 1.54) is 0 Å². The molecule has 2 rings (SSSR count). The number of hydrogen-bond donors (Lipinski definition) is 1. The molecule has 2 aromatic carbocycles. The van der Waals surface area contributed by atoms with Gasteiger partial charge in [0.2, 0.25) is 0 Å². The molecule has 0 fully saturated rings. The van der Waals surface area contributed by atoms with Crippen LogP contribution < -0.4 is 5.32 Å². The van der Waals surface area contributed by atoms with E-state index in [9.17, 15) is 4.79 Å². The largest absolute Gasteiger partial charge is 0.321 e. The maximum atomic E-state index is 12.4. The Balaban J connectivity index is 2.36. The van der Waals surface area contributed by atoms with Gasteiger partial charge in [0.25, 0.3) is 5.91 Å². The molecule has 104 valence electrons. The first-order valence-electron chi connectivity index (χ1n) is 6.23. The Hall–Kier alpha value is -1.32. The molecule has 0 heterocycles. The lowest BCUT2D eigenvalue weighted by atomic mass is 10.1. The molecule has 4 heteroatoms. The smallest absolute Gasteiger partial charge is 0.256 e. The fourth-order valence-corrected chi connectivity index (χ4v) is 3.06. The van der Waals surface area contributed by atoms with Gasteiger partial charge >= 0.3 is 0 Å². The van der Waals surface area contributed by atoms with Gasteiger partial charge in [-0.1, -0.05) is 23.7 Å². The quantitative estimate of drug-likeness (QED) is 0.782. The monoisotopic (exact) mass is 351 g/mol. The van der Waals surface area contributed by atoms with Crippen LogP contribution in [-0.2, 0) is 0 Å². The van der Waals surface area contributed by atoms with Crippen LogP contribution in [0.4, 0.5) is 5.69 Å². The fraction of sp³-hybridized carbons (Fsp3) is 0.188. The topological polar surface area (TPSA) is 29.1 Å². The minimum atomic E-state index is -0.155. The van der Waals surface area contributed by atoms with E-state index in [4.69, 9.17) is 11.6 Å². The number of carbonyl (C=O) groups excluding carboxylic acids is 1. The van der Waals surface area contributed by atoms with Crippen LogP contribution in [0, 0.1) is 20.8 Å². The van der Waals surface area contributed by atoms with Gasteiger partial charge in [0, 0.05) is 15.1 Å². The van der Waals surface area contributed by atoms with Gasteiger partial charge in [0.1, 0.15) is 0 Å². The molecule has 0 aliphatic heterocycles. The first-order valence-corrected chi connectivity index (χ1v) is 7.40. The van der Waals surface area contributed by atoms with Crippen molar-refractivity contribution in [3.8, 4) is 0 Å². The summed E-state index contributed by atoms with van der Waals surface area (Å²) in [5, 5.41) is 3.54. The van der Waals surface area contributed by atoms with Crippen molar-refractivity contribution in [1.29, 1.82) is 0 Å². The van der Waals surface area contributed by atoms with Gasteiger partial charge in [-0.25, -0.2) is 0 Å². The summed E-state index contributed by atoms with van der Waals surface area (Å²) in [5.74, 6) is -0.155. The predicted molar refractivity (Wildman–Crippen MR) is 87.8 cm³/mol. The molecule has 0 aliphatic rings. The Kier molecular flexibility index (Phi) is 4.51. The number of aryl methyl sites for hydroxylation is 2. The Morgan fingerprint density at radius 1 is 1.20 bits per heavy atom. The van der Waals surface area contributed by atoms with E-state index in [0.717, 1.165) is 26.9 Å². The van der Waals surface area contributed by atoms with Crippen molar-refractivity contribution in [2.75, 3.05) is 5.32 Å². The zero-order valence-electron chi connectivity index (χ0n) is 11.6. The number of rotatable bonds is 2. The molecule has 0 atom stereocenters. The molecule has 0 radical (unpaired) electrons. The molecule has 1 N–H and O–H groups in total. The summed E-state index contributed by atoms with van der Waals surface area (Å²) in [5.41, 5.74) is 4.33. The standard InChI is InChI=1S/C16H15BrClNO/c1-9-7-10(2)15(13(17)8-9)19-16(20)12-5-4-6-14(18)11(12)3/h4-8H,1-3H3,(H,19,20). The van der Waals surface area contributed by atoms with E-state index in [0.29, 0.717) is 10.6 Å². The van der Waals surface area contributed by atoms with Crippen molar-refractivity contribution in [2.45, 2.75) is 20.8 Å². The van der Waals surface area contributed by atoms with Crippen LogP contribution in [0.5, 0.6) is 0 Å². The van der Waals surface area contributed by atoms with Crippen molar-refractivity contribution in [2.24, 2.45) is 0 Å². The zero-order chi connectivity index (χ0) is 14.9. The lowest BCUT2D eigenvalue weighted by Crippen LogP contribution is -2.14. The average Bonchev–Trinajstić information content (AvgIpc) is 2.36. The normalized spacial score (nSPS) is 10.4. The van der Waals surface area contributed by atoms with Gasteiger partial charge in [-0.05, 0) is 71.6 Å². The fourth-order valence-electron chi connectivity index (χ4n) is 2.11. The molecule has 0 aliphatic carbocycles. The van der Waals surface area contributed by atoms with Crippen molar-refractivity contribution >= 4 is 39.1 Å². The lowest BCUT2D eigenvalue weighted by molar-refractivity contribution is 0.102. The van der Waals surface area contributed by atoms with Gasteiger partial charge in [0.15, 0.2) is 0 Å². The Morgan fingerprint density at radius 2 is 1.90 bits per heavy atom. The average molecular weight is 353 g/mol. The Morgan fingerprint density at radius 3 is 2.55 bits per heavy atom. The summed E-state index contributed by atoms with van der Waals surface area (Å²) in [6, 6.07) is 9.34. The molecule has 0 saturated heterocycles. The second-order valence-corrected chi connectivity index (χ2v) is 6.07. The minimum Gasteiger partial charge on any atom is -0.321 e. The number of halogens is 2. The van der Waals surface area contributed by atoms with Crippen LogP contribution in [0.3, 0.4) is 0 Å². The summed E-state index contributed by atoms with van der Waals surface area (Å²) in [7, 11) is 0. The van der Waals surface area contributed by atoms with Gasteiger partial charge in [0.05, 0.1) is 5.69 Å². The first kappa shape index (κ1) is 15.1. The van der Waals surface area contributed by atoms with Crippen LogP contribution in [0.1, 0.15) is 27.0 Å². The second kappa shape index (κ2) is 5.98. The number of anilines is 1. The van der Waals surface area contributed by atoms with E-state index >= 15 is 0 Å². The van der Waals surface area contributed by atoms with Crippen molar-refractivity contribution in [3.63, 3.8) is 0 Å². The number of carbonyl (C=O) groups is 1. The lowest BCUT2D eigenvalue weighted by Gasteiger charge is -2.13. The van der Waals surface area contributed by atoms with Crippen LogP contribution in [0.2, 0.25) is 5.02 Å². The van der Waals surface area contributed by atoms with Crippen LogP contribution in [-0.4, -0.2) is 5.91 Å². The minimum absolute atomic E-state index is 0.155. The second-order valence-electron chi connectivity index (χ2n) is 4.81. The SMILES string of the molecule is Cc1cc(C)c(NC(=O)c2cccc(Cl)c2C)c(Br)c1. The maximum absolute atomic E-state index is 12.4. The van der Waals surface area contributed by atoms with Crippen molar-refractivity contribution in [3.05, 3.63) is 62.1 Å². The summed E-state index contributed by atoms with van der Waals surface area (Å²) in [6.45, 7) is 5.83. The van der Waals surface area contributed by atoms with Crippen molar-refractivity contribution < 1.29 is 4.79 Å². The molecule has 0 bridgehead atoms. The van der Waals surface area contributed by atoms with E-state index in [1.54, 1.807) is 18.2 Å². The number of nitrogens with one attached hydrogen (secondary N) is 1.